The summed E-state index contributed by atoms with van der Waals surface area (Å²) in [5.74, 6) is 0.470. The number of Topliss-reactive ketones (excluding diaryl/α,β-unsaturated/α-hetero) is 1. The highest BCUT2D eigenvalue weighted by Crippen LogP contribution is 2.31. The average molecular weight is 469 g/mol. The number of hydrogen-bond donors (Lipinski definition) is 1. The van der Waals surface area contributed by atoms with Crippen molar-refractivity contribution in [1.29, 1.82) is 0 Å². The molecule has 0 aromatic heterocycles. The summed E-state index contributed by atoms with van der Waals surface area (Å²) in [5.41, 5.74) is 4.93. The lowest BCUT2D eigenvalue weighted by atomic mass is 9.85. The Morgan fingerprint density at radius 2 is 1.74 bits per heavy atom. The second-order valence-corrected chi connectivity index (χ2v) is 9.61. The van der Waals surface area contributed by atoms with Gasteiger partial charge < -0.3 is 10.1 Å². The first kappa shape index (κ1) is 24.4. The molecule has 1 heterocycles. The zero-order valence-corrected chi connectivity index (χ0v) is 20.8. The van der Waals surface area contributed by atoms with E-state index in [-0.39, 0.29) is 29.6 Å². The molecule has 0 saturated carbocycles. The van der Waals surface area contributed by atoms with Crippen molar-refractivity contribution in [3.8, 4) is 5.75 Å². The van der Waals surface area contributed by atoms with Crippen LogP contribution in [0, 0.1) is 0 Å². The van der Waals surface area contributed by atoms with Crippen molar-refractivity contribution >= 4 is 23.1 Å². The molecule has 180 valence electrons. The molecule has 0 spiro atoms. The van der Waals surface area contributed by atoms with Crippen LogP contribution in [0.2, 0.25) is 0 Å². The van der Waals surface area contributed by atoms with Gasteiger partial charge in [-0.2, -0.15) is 0 Å². The summed E-state index contributed by atoms with van der Waals surface area (Å²) in [6, 6.07) is 22.8. The van der Waals surface area contributed by atoms with Crippen LogP contribution < -0.4 is 10.1 Å². The molecule has 5 heteroatoms. The average Bonchev–Trinajstić information content (AvgIpc) is 2.84. The highest BCUT2D eigenvalue weighted by atomic mass is 16.5. The standard InChI is InChI=1S/C30H32N2O3/c1-5-25(20-9-7-6-8-10-20)29(34)31-23-14-11-21(12-15-23)28(33)18-27-26-17-24(35-4)16-13-22(26)19-30(2,3)32-27/h6-17,25H,5,18-19H2,1-4H3,(H,31,34). The molecular formula is C30H32N2O3. The minimum atomic E-state index is -0.264. The lowest BCUT2D eigenvalue weighted by molar-refractivity contribution is -0.117. The first-order chi connectivity index (χ1) is 16.8. The van der Waals surface area contributed by atoms with Gasteiger partial charge in [0.15, 0.2) is 5.78 Å². The number of benzene rings is 3. The molecule has 1 unspecified atom stereocenters. The summed E-state index contributed by atoms with van der Waals surface area (Å²) >= 11 is 0. The number of rotatable bonds is 8. The van der Waals surface area contributed by atoms with Crippen LogP contribution in [-0.4, -0.2) is 30.1 Å². The number of carbonyl (C=O) groups is 2. The number of fused-ring (bicyclic) bond motifs is 1. The number of amides is 1. The molecule has 0 saturated heterocycles. The number of methoxy groups -OCH3 is 1. The van der Waals surface area contributed by atoms with Crippen LogP contribution in [0.25, 0.3) is 0 Å². The molecule has 35 heavy (non-hydrogen) atoms. The largest absolute Gasteiger partial charge is 0.497 e. The van der Waals surface area contributed by atoms with E-state index in [0.29, 0.717) is 17.7 Å². The fraction of sp³-hybridized carbons (Fsp3) is 0.300. The lowest BCUT2D eigenvalue weighted by Gasteiger charge is -2.29. The Balaban J connectivity index is 1.48. The molecule has 1 aliphatic rings. The number of aliphatic imine (C=N–C) groups is 1. The number of hydrogen-bond acceptors (Lipinski definition) is 4. The van der Waals surface area contributed by atoms with Crippen LogP contribution in [0.5, 0.6) is 5.75 Å². The Morgan fingerprint density at radius 1 is 1.03 bits per heavy atom. The Morgan fingerprint density at radius 3 is 2.40 bits per heavy atom. The van der Waals surface area contributed by atoms with Gasteiger partial charge in [0.25, 0.3) is 0 Å². The summed E-state index contributed by atoms with van der Waals surface area (Å²) in [7, 11) is 1.64. The molecule has 1 amide bonds. The second kappa shape index (κ2) is 10.3. The van der Waals surface area contributed by atoms with Crippen molar-refractivity contribution in [3.63, 3.8) is 0 Å². The van der Waals surface area contributed by atoms with Gasteiger partial charge in [-0.3, -0.25) is 14.6 Å². The maximum absolute atomic E-state index is 13.2. The number of anilines is 1. The zero-order valence-electron chi connectivity index (χ0n) is 20.8. The maximum atomic E-state index is 13.2. The van der Waals surface area contributed by atoms with E-state index < -0.39 is 0 Å². The Kier molecular flexibility index (Phi) is 7.15. The van der Waals surface area contributed by atoms with Crippen molar-refractivity contribution in [2.75, 3.05) is 12.4 Å². The van der Waals surface area contributed by atoms with Crippen molar-refractivity contribution in [2.24, 2.45) is 4.99 Å². The summed E-state index contributed by atoms with van der Waals surface area (Å²) in [6.07, 6.45) is 1.73. The highest BCUT2D eigenvalue weighted by molar-refractivity contribution is 6.17. The molecule has 4 rings (SSSR count). The van der Waals surface area contributed by atoms with Gasteiger partial charge in [-0.15, -0.1) is 0 Å². The Labute approximate surface area is 207 Å². The molecule has 5 nitrogen and oxygen atoms in total. The van der Waals surface area contributed by atoms with Gasteiger partial charge >= 0.3 is 0 Å². The van der Waals surface area contributed by atoms with Crippen molar-refractivity contribution in [3.05, 3.63) is 95.1 Å². The molecule has 3 aromatic carbocycles. The molecular weight excluding hydrogens is 436 g/mol. The maximum Gasteiger partial charge on any atom is 0.231 e. The SMILES string of the molecule is CCC(C(=O)Nc1ccc(C(=O)CC2=NC(C)(C)Cc3ccc(OC)cc32)cc1)c1ccccc1. The van der Waals surface area contributed by atoms with Gasteiger partial charge in [0, 0.05) is 16.8 Å². The Bertz CT molecular complexity index is 1240. The number of carbonyl (C=O) groups excluding carboxylic acids is 2. The van der Waals surface area contributed by atoms with Gasteiger partial charge in [0.2, 0.25) is 5.91 Å². The number of nitrogens with one attached hydrogen (secondary N) is 1. The zero-order chi connectivity index (χ0) is 25.0. The fourth-order valence-corrected chi connectivity index (χ4v) is 4.65. The number of ketones is 1. The number of ether oxygens (including phenoxy) is 1. The van der Waals surface area contributed by atoms with E-state index in [4.69, 9.17) is 9.73 Å². The van der Waals surface area contributed by atoms with E-state index in [2.05, 4.69) is 25.2 Å². The predicted octanol–water partition coefficient (Wildman–Crippen LogP) is 6.22. The van der Waals surface area contributed by atoms with Gasteiger partial charge in [-0.1, -0.05) is 43.3 Å². The first-order valence-electron chi connectivity index (χ1n) is 12.0. The van der Waals surface area contributed by atoms with E-state index >= 15 is 0 Å². The summed E-state index contributed by atoms with van der Waals surface area (Å²) in [5, 5.41) is 2.99. The third kappa shape index (κ3) is 5.68. The van der Waals surface area contributed by atoms with E-state index in [1.807, 2.05) is 49.4 Å². The molecule has 0 radical (unpaired) electrons. The van der Waals surface area contributed by atoms with E-state index in [0.717, 1.165) is 29.0 Å². The van der Waals surface area contributed by atoms with Crippen LogP contribution in [0.3, 0.4) is 0 Å². The smallest absolute Gasteiger partial charge is 0.231 e. The normalized spacial score (nSPS) is 14.9. The molecule has 0 bridgehead atoms. The minimum absolute atomic E-state index is 0.0104. The van der Waals surface area contributed by atoms with Crippen molar-refractivity contribution in [2.45, 2.75) is 51.5 Å². The highest BCUT2D eigenvalue weighted by Gasteiger charge is 2.28. The van der Waals surface area contributed by atoms with Crippen LogP contribution in [0.15, 0.2) is 77.8 Å². The lowest BCUT2D eigenvalue weighted by Crippen LogP contribution is -2.30. The van der Waals surface area contributed by atoms with Crippen LogP contribution in [-0.2, 0) is 11.2 Å². The molecule has 0 aliphatic carbocycles. The molecule has 3 aromatic rings. The predicted molar refractivity (Wildman–Crippen MR) is 141 cm³/mol. The van der Waals surface area contributed by atoms with Gasteiger partial charge in [-0.05, 0) is 74.2 Å². The first-order valence-corrected chi connectivity index (χ1v) is 12.0. The Hall–Kier alpha value is -3.73. The number of nitrogens with zero attached hydrogens (tertiary/aromatic N) is 1. The molecule has 1 aliphatic heterocycles. The quantitative estimate of drug-likeness (QED) is 0.399. The topological polar surface area (TPSA) is 67.8 Å². The van der Waals surface area contributed by atoms with Gasteiger partial charge in [0.05, 0.1) is 30.7 Å². The van der Waals surface area contributed by atoms with Gasteiger partial charge in [0.1, 0.15) is 5.75 Å². The molecule has 1 N–H and O–H groups in total. The summed E-state index contributed by atoms with van der Waals surface area (Å²) < 4.78 is 5.39. The monoisotopic (exact) mass is 468 g/mol. The van der Waals surface area contributed by atoms with Crippen molar-refractivity contribution in [1.82, 2.24) is 0 Å². The third-order valence-electron chi connectivity index (χ3n) is 6.42. The summed E-state index contributed by atoms with van der Waals surface area (Å²) in [4.78, 5) is 30.9. The van der Waals surface area contributed by atoms with Crippen LogP contribution in [0.1, 0.15) is 66.6 Å². The van der Waals surface area contributed by atoms with Crippen LogP contribution in [0.4, 0.5) is 5.69 Å². The third-order valence-corrected chi connectivity index (χ3v) is 6.42. The van der Waals surface area contributed by atoms with Crippen LogP contribution >= 0.6 is 0 Å². The second-order valence-electron chi connectivity index (χ2n) is 9.61. The van der Waals surface area contributed by atoms with E-state index in [9.17, 15) is 9.59 Å². The van der Waals surface area contributed by atoms with E-state index in [1.54, 1.807) is 31.4 Å². The van der Waals surface area contributed by atoms with E-state index in [1.165, 1.54) is 5.56 Å². The van der Waals surface area contributed by atoms with Crippen molar-refractivity contribution < 1.29 is 14.3 Å². The summed E-state index contributed by atoms with van der Waals surface area (Å²) in [6.45, 7) is 6.17. The molecule has 1 atom stereocenters. The fourth-order valence-electron chi connectivity index (χ4n) is 4.65. The minimum Gasteiger partial charge on any atom is -0.497 e. The molecule has 0 fully saturated rings. The van der Waals surface area contributed by atoms with Gasteiger partial charge in [-0.25, -0.2) is 0 Å².